The highest BCUT2D eigenvalue weighted by Gasteiger charge is 2.40. The highest BCUT2D eigenvalue weighted by molar-refractivity contribution is 7.86. The molecule has 0 rings (SSSR count). The molecule has 28 N–H and O–H groups in total. The minimum absolute atomic E-state index is 0.000185. The first-order valence-corrected chi connectivity index (χ1v) is 23.0. The molecule has 0 aliphatic rings. The molecule has 0 aromatic carbocycles. The molecule has 0 heterocycles. The van der Waals surface area contributed by atoms with Gasteiger partial charge in [-0.05, 0) is 71.6 Å². The zero-order valence-corrected chi connectivity index (χ0v) is 41.7. The fourth-order valence-electron chi connectivity index (χ4n) is 6.03. The Kier molecular flexibility index (Phi) is 29.5. The molecule has 0 aliphatic heterocycles. The lowest BCUT2D eigenvalue weighted by Gasteiger charge is -2.29. The first-order chi connectivity index (χ1) is 33.0. The first kappa shape index (κ1) is 64.0. The predicted molar refractivity (Wildman–Crippen MR) is 270 cm³/mol. The average molecular weight is 1050 g/mol. The monoisotopic (exact) mass is 1050 g/mol. The number of aliphatic carboxylic acids is 1. The lowest BCUT2D eigenvalue weighted by Crippen LogP contribution is -2.60. The molecule has 0 bridgehead atoms. The number of rotatable bonds is 34. The fourth-order valence-corrected chi connectivity index (χ4v) is 6.45. The summed E-state index contributed by atoms with van der Waals surface area (Å²) < 4.78 is 0. The van der Waals surface area contributed by atoms with E-state index in [0.717, 1.165) is 6.92 Å². The molecule has 71 heavy (non-hydrogen) atoms. The van der Waals surface area contributed by atoms with Gasteiger partial charge in [0.15, 0.2) is 28.7 Å². The third-order valence-corrected chi connectivity index (χ3v) is 11.2. The lowest BCUT2D eigenvalue weighted by atomic mass is 10.0. The number of hydrogen-bond donors (Lipinski definition) is 20. The van der Waals surface area contributed by atoms with Gasteiger partial charge in [-0.3, -0.25) is 58.3 Å². The van der Waals surface area contributed by atoms with Crippen LogP contribution in [0.5, 0.6) is 0 Å². The Morgan fingerprint density at radius 3 is 1.06 bits per heavy atom. The molecular formula is C38H73N21O10S2. The molecule has 0 aromatic rings. The van der Waals surface area contributed by atoms with Crippen molar-refractivity contribution in [3.63, 3.8) is 0 Å². The number of carboxylic acid groups (broad SMARTS) is 1. The Hall–Kier alpha value is -7.03. The smallest absolute Gasteiger partial charge is 0.335 e. The van der Waals surface area contributed by atoms with Gasteiger partial charge in [-0.1, -0.05) is 0 Å². The van der Waals surface area contributed by atoms with E-state index in [9.17, 15) is 48.3 Å². The minimum atomic E-state index is -2.22. The topological polar surface area (TPSA) is 568 Å². The van der Waals surface area contributed by atoms with Gasteiger partial charge in [0.05, 0.1) is 0 Å². The quantitative estimate of drug-likeness (QED) is 0.00935. The number of thiol groups is 2. The van der Waals surface area contributed by atoms with Gasteiger partial charge >= 0.3 is 5.97 Å². The number of hydrogen-bond acceptors (Lipinski definition) is 16. The number of carbonyl (C=O) groups excluding carboxylic acids is 8. The normalized spacial score (nSPS) is 15.0. The molecule has 33 heteroatoms. The molecular weight excluding hydrogens is 975 g/mol. The molecule has 0 radical (unpaired) electrons. The molecule has 0 spiro atoms. The van der Waals surface area contributed by atoms with Crippen LogP contribution in [-0.4, -0.2) is 161 Å². The number of carboxylic acids is 1. The summed E-state index contributed by atoms with van der Waals surface area (Å²) in [4.78, 5) is 131. The van der Waals surface area contributed by atoms with E-state index in [1.165, 1.54) is 13.8 Å². The third-order valence-electron chi connectivity index (χ3n) is 9.85. The van der Waals surface area contributed by atoms with Crippen LogP contribution < -0.4 is 94.6 Å². The molecule has 0 saturated carbocycles. The van der Waals surface area contributed by atoms with Gasteiger partial charge in [-0.15, -0.1) is 12.6 Å². The van der Waals surface area contributed by atoms with Crippen molar-refractivity contribution >= 4 is 102 Å². The van der Waals surface area contributed by atoms with Crippen LogP contribution >= 0.6 is 25.3 Å². The van der Waals surface area contributed by atoms with Crippen molar-refractivity contribution in [3.05, 3.63) is 0 Å². The van der Waals surface area contributed by atoms with Crippen LogP contribution in [0.25, 0.3) is 0 Å². The number of nitrogens with zero attached hydrogens (tertiary/aromatic N) is 4. The van der Waals surface area contributed by atoms with Crippen molar-refractivity contribution in [2.24, 2.45) is 77.3 Å². The third kappa shape index (κ3) is 27.1. The van der Waals surface area contributed by atoms with Crippen molar-refractivity contribution in [1.82, 2.24) is 37.2 Å². The van der Waals surface area contributed by atoms with Crippen LogP contribution in [0.1, 0.15) is 78.6 Å². The summed E-state index contributed by atoms with van der Waals surface area (Å²) in [5.41, 5.74) is 54.6. The summed E-state index contributed by atoms with van der Waals surface area (Å²) in [6.45, 7) is 3.83. The van der Waals surface area contributed by atoms with E-state index in [4.69, 9.17) is 57.3 Å². The minimum Gasteiger partial charge on any atom is -0.479 e. The number of primary amides is 1. The van der Waals surface area contributed by atoms with Crippen molar-refractivity contribution < 1.29 is 48.3 Å². The lowest BCUT2D eigenvalue weighted by molar-refractivity contribution is -0.140. The Morgan fingerprint density at radius 1 is 0.479 bits per heavy atom. The van der Waals surface area contributed by atoms with E-state index >= 15 is 0 Å². The van der Waals surface area contributed by atoms with Crippen molar-refractivity contribution in [2.45, 2.75) is 131 Å². The van der Waals surface area contributed by atoms with Gasteiger partial charge in [0.25, 0.3) is 0 Å². The zero-order chi connectivity index (χ0) is 54.6. The van der Waals surface area contributed by atoms with Crippen molar-refractivity contribution in [3.8, 4) is 0 Å². The summed E-state index contributed by atoms with van der Waals surface area (Å²) in [5, 5.41) is 25.5. The second-order valence-corrected chi connectivity index (χ2v) is 17.4. The van der Waals surface area contributed by atoms with E-state index in [1.54, 1.807) is 0 Å². The molecule has 0 saturated heterocycles. The van der Waals surface area contributed by atoms with Gasteiger partial charge in [-0.2, -0.15) is 12.6 Å². The SMILES string of the molecule is CC(=O)N[C@@H](CC(S)[C@](N)(S)C(=O)O)C(=O)NC(C)C(=O)N[C@H](CCCN=C(N)N)C(=O)N[C@H](CCCN=C(N)N)C(=O)N[C@@H](CCCN=C(N)N)C(=O)N[C@@H](C)C(=O)N[C@@H](CCCN=C(N)N)C(N)=O. The summed E-state index contributed by atoms with van der Waals surface area (Å²) >= 11 is 8.07. The molecule has 402 valence electrons. The largest absolute Gasteiger partial charge is 0.479 e. The van der Waals surface area contributed by atoms with Crippen molar-refractivity contribution in [1.29, 1.82) is 0 Å². The Labute approximate surface area is 421 Å². The predicted octanol–water partition coefficient (Wildman–Crippen LogP) is -8.50. The summed E-state index contributed by atoms with van der Waals surface area (Å²) in [5.74, 6) is -9.38. The van der Waals surface area contributed by atoms with Crippen LogP contribution in [0.15, 0.2) is 20.0 Å². The second kappa shape index (κ2) is 32.7. The summed E-state index contributed by atoms with van der Waals surface area (Å²) in [6.07, 6.45) is -0.145. The standard InChI is InChI=1S/C38H73N21O10S2/c1-17(27(62)56-20(26(39)61)8-4-12-49-34(40)41)53-29(64)21(9-5-13-50-35(42)43)58-31(66)23(11-7-15-52-37(46)47)59-30(65)22(10-6-14-51-36(44)45)57-28(63)18(2)54-32(67)24(55-19(3)60)16-25(70)38(48,71)33(68)69/h17-18,20-25,70-71H,4-16,48H2,1-3H3,(H2,39,61)(H,53,64)(H,54,67)(H,55,60)(H,56,62)(H,57,63)(H,58,66)(H,59,65)(H,68,69)(H4,40,41,49)(H4,42,43,50)(H4,44,45,51)(H4,46,47,52)/t17-,18?,20-,21-,22+,23+,24-,25?,38-/m0/s1. The number of nitrogens with one attached hydrogen (secondary N) is 7. The fraction of sp³-hybridized carbons (Fsp3) is 0.658. The van der Waals surface area contributed by atoms with E-state index in [1.807, 2.05) is 0 Å². The number of guanidine groups is 4. The molecule has 2 unspecified atom stereocenters. The van der Waals surface area contributed by atoms with Crippen LogP contribution in [0, 0.1) is 0 Å². The van der Waals surface area contributed by atoms with Gasteiger partial charge in [-0.25, -0.2) is 4.79 Å². The Bertz CT molecular complexity index is 1960. The van der Waals surface area contributed by atoms with Gasteiger partial charge in [0.2, 0.25) is 47.3 Å². The van der Waals surface area contributed by atoms with E-state index in [-0.39, 0.29) is 101 Å². The molecule has 8 amide bonds. The molecule has 0 fully saturated rings. The molecule has 31 nitrogen and oxygen atoms in total. The first-order valence-electron chi connectivity index (χ1n) is 22.0. The maximum Gasteiger partial charge on any atom is 0.335 e. The van der Waals surface area contributed by atoms with Gasteiger partial charge in [0, 0.05) is 38.4 Å². The highest BCUT2D eigenvalue weighted by Crippen LogP contribution is 2.23. The molecule has 9 atom stereocenters. The Morgan fingerprint density at radius 2 is 0.761 bits per heavy atom. The molecule has 0 aliphatic carbocycles. The Balaban J connectivity index is 6.67. The van der Waals surface area contributed by atoms with E-state index in [2.05, 4.69) is 82.4 Å². The summed E-state index contributed by atoms with van der Waals surface area (Å²) in [6, 6.07) is -9.52. The van der Waals surface area contributed by atoms with Crippen molar-refractivity contribution in [2.75, 3.05) is 26.2 Å². The highest BCUT2D eigenvalue weighted by atomic mass is 32.1. The van der Waals surface area contributed by atoms with Gasteiger partial charge in [0.1, 0.15) is 42.3 Å². The maximum atomic E-state index is 14.1. The molecule has 0 aromatic heterocycles. The summed E-state index contributed by atoms with van der Waals surface area (Å²) in [7, 11) is 0. The number of carbonyl (C=O) groups is 9. The zero-order valence-electron chi connectivity index (χ0n) is 39.9. The number of amides is 8. The van der Waals surface area contributed by atoms with E-state index in [0.29, 0.717) is 0 Å². The van der Waals surface area contributed by atoms with Crippen LogP contribution in [0.4, 0.5) is 0 Å². The van der Waals surface area contributed by atoms with Crippen LogP contribution in [0.2, 0.25) is 0 Å². The number of aliphatic imine (C=N–C) groups is 4. The van der Waals surface area contributed by atoms with Gasteiger partial charge < -0.3 is 99.7 Å². The maximum absolute atomic E-state index is 14.1. The van der Waals surface area contributed by atoms with Crippen LogP contribution in [0.3, 0.4) is 0 Å². The number of nitrogens with two attached hydrogens (primary N) is 10. The van der Waals surface area contributed by atoms with Crippen LogP contribution in [-0.2, 0) is 43.2 Å². The van der Waals surface area contributed by atoms with E-state index < -0.39 is 112 Å². The second-order valence-electron chi connectivity index (χ2n) is 16.0. The average Bonchev–Trinajstić information content (AvgIpc) is 3.26.